The zero-order valence-corrected chi connectivity index (χ0v) is 19.7. The number of rotatable bonds is 5. The normalized spacial score (nSPS) is 13.2. The molecule has 1 aliphatic rings. The van der Waals surface area contributed by atoms with Gasteiger partial charge in [0.05, 0.1) is 29.9 Å². The Balaban J connectivity index is 1.50. The second-order valence-electron chi connectivity index (χ2n) is 8.09. The van der Waals surface area contributed by atoms with Crippen LogP contribution < -0.4 is 19.9 Å². The SMILES string of the molecule is COC(=O)c1ccc(-c2nn(CC(=O)N(C)c3ccc4c(c3)OC(F)(F)O4)c(=O)c3ccoc23)cc1C#N. The first-order chi connectivity index (χ1) is 18.1. The van der Waals surface area contributed by atoms with Crippen molar-refractivity contribution in [2.24, 2.45) is 0 Å². The maximum absolute atomic E-state index is 13.3. The van der Waals surface area contributed by atoms with Crippen LogP contribution in [0.2, 0.25) is 0 Å². The summed E-state index contributed by atoms with van der Waals surface area (Å²) in [4.78, 5) is 39.2. The molecule has 5 rings (SSSR count). The lowest BCUT2D eigenvalue weighted by atomic mass is 10.0. The Bertz CT molecular complexity index is 1720. The Morgan fingerprint density at radius 2 is 1.92 bits per heavy atom. The van der Waals surface area contributed by atoms with Gasteiger partial charge in [0.2, 0.25) is 5.91 Å². The van der Waals surface area contributed by atoms with Crippen LogP contribution in [0.1, 0.15) is 15.9 Å². The number of hydrogen-bond donors (Lipinski definition) is 0. The van der Waals surface area contributed by atoms with Crippen molar-refractivity contribution in [3.8, 4) is 28.8 Å². The molecule has 13 heteroatoms. The van der Waals surface area contributed by atoms with E-state index in [1.807, 2.05) is 6.07 Å². The predicted molar refractivity (Wildman–Crippen MR) is 126 cm³/mol. The first-order valence-corrected chi connectivity index (χ1v) is 10.9. The number of likely N-dealkylation sites (N-methyl/N-ethyl adjacent to an activating group) is 1. The Labute approximate surface area is 211 Å². The smallest absolute Gasteiger partial charge is 0.465 e. The molecule has 38 heavy (non-hydrogen) atoms. The van der Waals surface area contributed by atoms with E-state index in [0.717, 1.165) is 9.58 Å². The number of carbonyl (C=O) groups is 2. The molecule has 2 aromatic carbocycles. The zero-order chi connectivity index (χ0) is 27.2. The minimum Gasteiger partial charge on any atom is -0.465 e. The lowest BCUT2D eigenvalue weighted by molar-refractivity contribution is -0.286. The molecule has 11 nitrogen and oxygen atoms in total. The number of halogens is 2. The third-order valence-electron chi connectivity index (χ3n) is 5.82. The van der Waals surface area contributed by atoms with Crippen LogP contribution in [0.25, 0.3) is 22.2 Å². The number of alkyl halides is 2. The summed E-state index contributed by atoms with van der Waals surface area (Å²) in [5.41, 5.74) is 0.275. The first kappa shape index (κ1) is 24.4. The molecule has 2 aromatic heterocycles. The Hall–Kier alpha value is -5.25. The van der Waals surface area contributed by atoms with Crippen LogP contribution in [-0.4, -0.2) is 42.1 Å². The maximum Gasteiger partial charge on any atom is 0.586 e. The van der Waals surface area contributed by atoms with E-state index in [2.05, 4.69) is 14.6 Å². The number of amides is 1. The molecule has 1 aliphatic heterocycles. The zero-order valence-electron chi connectivity index (χ0n) is 19.7. The van der Waals surface area contributed by atoms with Gasteiger partial charge in [0.1, 0.15) is 18.3 Å². The minimum atomic E-state index is -3.81. The van der Waals surface area contributed by atoms with Crippen molar-refractivity contribution in [3.63, 3.8) is 0 Å². The second-order valence-corrected chi connectivity index (χ2v) is 8.09. The van der Waals surface area contributed by atoms with Crippen molar-refractivity contribution >= 4 is 28.5 Å². The van der Waals surface area contributed by atoms with Crippen LogP contribution in [0.5, 0.6) is 11.5 Å². The summed E-state index contributed by atoms with van der Waals surface area (Å²) in [6.45, 7) is -0.514. The number of nitriles is 1. The monoisotopic (exact) mass is 522 g/mol. The molecule has 1 amide bonds. The lowest BCUT2D eigenvalue weighted by Crippen LogP contribution is -2.35. The van der Waals surface area contributed by atoms with Crippen LogP contribution in [0.15, 0.2) is 57.9 Å². The largest absolute Gasteiger partial charge is 0.586 e. The molecule has 0 radical (unpaired) electrons. The number of nitrogens with zero attached hydrogens (tertiary/aromatic N) is 4. The quantitative estimate of drug-likeness (QED) is 0.362. The first-order valence-electron chi connectivity index (χ1n) is 10.9. The third-order valence-corrected chi connectivity index (χ3v) is 5.82. The van der Waals surface area contributed by atoms with Crippen molar-refractivity contribution in [3.05, 3.63) is 70.2 Å². The number of aromatic nitrogens is 2. The molecular formula is C25H16F2N4O7. The minimum absolute atomic E-state index is 0.0119. The van der Waals surface area contributed by atoms with Crippen molar-refractivity contribution in [2.45, 2.75) is 12.8 Å². The molecule has 3 heterocycles. The van der Waals surface area contributed by atoms with Gasteiger partial charge in [-0.15, -0.1) is 8.78 Å². The summed E-state index contributed by atoms with van der Waals surface area (Å²) in [7, 11) is 2.58. The van der Waals surface area contributed by atoms with Gasteiger partial charge in [-0.1, -0.05) is 6.07 Å². The maximum atomic E-state index is 13.3. The Kier molecular flexibility index (Phi) is 5.79. The van der Waals surface area contributed by atoms with E-state index >= 15 is 0 Å². The summed E-state index contributed by atoms with van der Waals surface area (Å²) in [5, 5.41) is 13.9. The van der Waals surface area contributed by atoms with E-state index in [1.165, 1.54) is 62.9 Å². The van der Waals surface area contributed by atoms with E-state index in [1.54, 1.807) is 0 Å². The van der Waals surface area contributed by atoms with Crippen LogP contribution in [0, 0.1) is 11.3 Å². The van der Waals surface area contributed by atoms with Crippen molar-refractivity contribution in [1.82, 2.24) is 9.78 Å². The molecular weight excluding hydrogens is 506 g/mol. The number of ether oxygens (including phenoxy) is 3. The van der Waals surface area contributed by atoms with Gasteiger partial charge in [-0.25, -0.2) is 9.48 Å². The highest BCUT2D eigenvalue weighted by molar-refractivity contribution is 5.95. The van der Waals surface area contributed by atoms with Crippen LogP contribution in [0.3, 0.4) is 0 Å². The average Bonchev–Trinajstić information content (AvgIpc) is 3.51. The topological polar surface area (TPSA) is 137 Å². The average molecular weight is 522 g/mol. The fourth-order valence-electron chi connectivity index (χ4n) is 3.90. The highest BCUT2D eigenvalue weighted by Gasteiger charge is 2.43. The standard InChI is InChI=1S/C25H16F2N4O7/c1-30(15-4-6-18-19(10-15)38-25(26,27)37-18)20(32)12-31-23(33)17-7-8-36-22(17)21(29-31)13-3-5-16(24(34)35-2)14(9-13)11-28/h3-10H,12H2,1-2H3. The molecule has 4 aromatic rings. The highest BCUT2D eigenvalue weighted by Crippen LogP contribution is 2.42. The highest BCUT2D eigenvalue weighted by atomic mass is 19.3. The van der Waals surface area contributed by atoms with Gasteiger partial charge in [-0.05, 0) is 30.3 Å². The molecule has 0 aliphatic carbocycles. The van der Waals surface area contributed by atoms with E-state index < -0.39 is 30.3 Å². The van der Waals surface area contributed by atoms with Gasteiger partial charge in [-0.2, -0.15) is 10.4 Å². The number of esters is 1. The van der Waals surface area contributed by atoms with E-state index in [-0.39, 0.29) is 45.0 Å². The molecule has 0 atom stereocenters. The van der Waals surface area contributed by atoms with Gasteiger partial charge in [-0.3, -0.25) is 9.59 Å². The van der Waals surface area contributed by atoms with Crippen LogP contribution in [-0.2, 0) is 16.1 Å². The van der Waals surface area contributed by atoms with E-state index in [9.17, 15) is 28.4 Å². The fraction of sp³-hybridized carbons (Fsp3) is 0.160. The summed E-state index contributed by atoms with van der Waals surface area (Å²) < 4.78 is 46.6. The molecule has 0 fully saturated rings. The van der Waals surface area contributed by atoms with Crippen molar-refractivity contribution in [1.29, 1.82) is 5.26 Å². The fourth-order valence-corrected chi connectivity index (χ4v) is 3.90. The number of carbonyl (C=O) groups excluding carboxylic acids is 2. The van der Waals surface area contributed by atoms with Crippen LogP contribution >= 0.6 is 0 Å². The van der Waals surface area contributed by atoms with Gasteiger partial charge < -0.3 is 23.5 Å². The second kappa shape index (κ2) is 9.00. The van der Waals surface area contributed by atoms with Crippen molar-refractivity contribution in [2.75, 3.05) is 19.1 Å². The summed E-state index contributed by atoms with van der Waals surface area (Å²) in [6.07, 6.45) is -2.52. The Morgan fingerprint density at radius 3 is 2.66 bits per heavy atom. The summed E-state index contributed by atoms with van der Waals surface area (Å²) in [6, 6.07) is 11.4. The van der Waals surface area contributed by atoms with E-state index in [0.29, 0.717) is 5.56 Å². The molecule has 0 bridgehead atoms. The number of furan rings is 1. The van der Waals surface area contributed by atoms with Gasteiger partial charge >= 0.3 is 12.3 Å². The van der Waals surface area contributed by atoms with Crippen LogP contribution in [0.4, 0.5) is 14.5 Å². The molecule has 0 unspecified atom stereocenters. The third kappa shape index (κ3) is 4.17. The number of fused-ring (bicyclic) bond motifs is 2. The number of methoxy groups -OCH3 is 1. The number of anilines is 1. The van der Waals surface area contributed by atoms with Gasteiger partial charge in [0.25, 0.3) is 5.56 Å². The van der Waals surface area contributed by atoms with Gasteiger partial charge in [0, 0.05) is 24.4 Å². The molecule has 0 saturated carbocycles. The van der Waals surface area contributed by atoms with Gasteiger partial charge in [0.15, 0.2) is 17.1 Å². The number of benzene rings is 2. The van der Waals surface area contributed by atoms with E-state index in [4.69, 9.17) is 9.15 Å². The molecule has 0 spiro atoms. The summed E-state index contributed by atoms with van der Waals surface area (Å²) >= 11 is 0. The van der Waals surface area contributed by atoms with Crippen molar-refractivity contribution < 1.29 is 37.0 Å². The molecule has 192 valence electrons. The molecule has 0 saturated heterocycles. The Morgan fingerprint density at radius 1 is 1.16 bits per heavy atom. The predicted octanol–water partition coefficient (Wildman–Crippen LogP) is 3.30. The molecule has 0 N–H and O–H groups in total. The number of hydrogen-bond acceptors (Lipinski definition) is 9. The summed E-state index contributed by atoms with van der Waals surface area (Å²) in [5.74, 6) is -1.72. The lowest BCUT2D eigenvalue weighted by Gasteiger charge is -2.18.